The Morgan fingerprint density at radius 3 is 2.33 bits per heavy atom. The zero-order chi connectivity index (χ0) is 23.5. The number of aryl methyl sites for hydroxylation is 2. The van der Waals surface area contributed by atoms with Gasteiger partial charge in [0.25, 0.3) is 0 Å². The van der Waals surface area contributed by atoms with Gasteiger partial charge in [0.15, 0.2) is 0 Å². The van der Waals surface area contributed by atoms with E-state index in [9.17, 15) is 19.5 Å². The van der Waals surface area contributed by atoms with Crippen LogP contribution in [0.1, 0.15) is 43.7 Å². The van der Waals surface area contributed by atoms with Crippen LogP contribution in [0, 0.1) is 11.8 Å². The molecular weight excluding hydrogens is 420 g/mol. The van der Waals surface area contributed by atoms with E-state index in [1.54, 1.807) is 0 Å². The summed E-state index contributed by atoms with van der Waals surface area (Å²) >= 11 is 0. The second-order valence-corrected chi connectivity index (χ2v) is 8.96. The van der Waals surface area contributed by atoms with E-state index in [-0.39, 0.29) is 5.91 Å². The molecule has 3 heterocycles. The van der Waals surface area contributed by atoms with Crippen molar-refractivity contribution in [3.05, 3.63) is 65.4 Å². The molecule has 2 fully saturated rings. The highest BCUT2D eigenvalue weighted by Crippen LogP contribution is 2.51. The van der Waals surface area contributed by atoms with Crippen LogP contribution >= 0.6 is 0 Å². The SMILES string of the molecule is CCc1cccc(CC)c1N1C(=O)C2C(c3cc4ccccc4o3)NC(C)(C(=O)O)C2C1=O. The summed E-state index contributed by atoms with van der Waals surface area (Å²) in [6.07, 6.45) is 1.30. The summed E-state index contributed by atoms with van der Waals surface area (Å²) in [5.41, 5.74) is 1.42. The Morgan fingerprint density at radius 1 is 1.06 bits per heavy atom. The first kappa shape index (κ1) is 21.4. The van der Waals surface area contributed by atoms with Gasteiger partial charge in [0, 0.05) is 5.39 Å². The van der Waals surface area contributed by atoms with Gasteiger partial charge in [-0.2, -0.15) is 0 Å². The van der Waals surface area contributed by atoms with Gasteiger partial charge in [-0.25, -0.2) is 4.90 Å². The molecule has 4 atom stereocenters. The van der Waals surface area contributed by atoms with Crippen molar-refractivity contribution in [2.24, 2.45) is 11.8 Å². The van der Waals surface area contributed by atoms with Gasteiger partial charge in [0.2, 0.25) is 11.8 Å². The molecule has 0 saturated carbocycles. The average molecular weight is 447 g/mol. The Bertz CT molecular complexity index is 1240. The third-order valence-electron chi connectivity index (χ3n) is 7.17. The van der Waals surface area contributed by atoms with E-state index in [0.29, 0.717) is 29.9 Å². The van der Waals surface area contributed by atoms with Crippen molar-refractivity contribution in [2.45, 2.75) is 45.2 Å². The van der Waals surface area contributed by atoms with Crippen molar-refractivity contribution in [2.75, 3.05) is 4.90 Å². The second-order valence-electron chi connectivity index (χ2n) is 8.96. The number of hydrogen-bond donors (Lipinski definition) is 2. The molecule has 7 heteroatoms. The first-order chi connectivity index (χ1) is 15.8. The fraction of sp³-hybridized carbons (Fsp3) is 0.346. The molecule has 33 heavy (non-hydrogen) atoms. The number of rotatable bonds is 5. The van der Waals surface area contributed by atoms with Crippen LogP contribution in [0.5, 0.6) is 0 Å². The number of carboxylic acid groups (broad SMARTS) is 1. The lowest BCUT2D eigenvalue weighted by atomic mass is 9.81. The lowest BCUT2D eigenvalue weighted by Crippen LogP contribution is -2.53. The molecule has 3 aromatic rings. The predicted octanol–water partition coefficient (Wildman–Crippen LogP) is 3.85. The third-order valence-corrected chi connectivity index (χ3v) is 7.17. The smallest absolute Gasteiger partial charge is 0.324 e. The Kier molecular flexibility index (Phi) is 4.90. The maximum Gasteiger partial charge on any atom is 0.324 e. The lowest BCUT2D eigenvalue weighted by molar-refractivity contribution is -0.147. The maximum absolute atomic E-state index is 13.9. The quantitative estimate of drug-likeness (QED) is 0.578. The normalized spacial score (nSPS) is 26.9. The molecule has 2 aliphatic rings. The number of nitrogens with zero attached hydrogens (tertiary/aromatic N) is 1. The number of fused-ring (bicyclic) bond motifs is 2. The van der Waals surface area contributed by atoms with Gasteiger partial charge >= 0.3 is 5.97 Å². The second kappa shape index (κ2) is 7.56. The van der Waals surface area contributed by atoms with Crippen LogP contribution in [-0.4, -0.2) is 28.4 Å². The molecule has 2 amide bonds. The summed E-state index contributed by atoms with van der Waals surface area (Å²) in [6, 6.07) is 14.3. The molecule has 0 bridgehead atoms. The van der Waals surface area contributed by atoms with Gasteiger partial charge in [-0.05, 0) is 43.0 Å². The molecule has 2 aromatic carbocycles. The molecule has 0 aliphatic carbocycles. The first-order valence-electron chi connectivity index (χ1n) is 11.3. The molecule has 2 aliphatic heterocycles. The van der Waals surface area contributed by atoms with E-state index in [0.717, 1.165) is 16.5 Å². The lowest BCUT2D eigenvalue weighted by Gasteiger charge is -2.28. The Hall–Kier alpha value is -3.45. The van der Waals surface area contributed by atoms with E-state index in [4.69, 9.17) is 4.42 Å². The molecule has 4 unspecified atom stereocenters. The zero-order valence-corrected chi connectivity index (χ0v) is 18.8. The van der Waals surface area contributed by atoms with Crippen molar-refractivity contribution in [3.63, 3.8) is 0 Å². The monoisotopic (exact) mass is 446 g/mol. The topological polar surface area (TPSA) is 99.8 Å². The molecule has 2 saturated heterocycles. The van der Waals surface area contributed by atoms with Crippen molar-refractivity contribution < 1.29 is 23.9 Å². The number of anilines is 1. The first-order valence-corrected chi connectivity index (χ1v) is 11.3. The summed E-state index contributed by atoms with van der Waals surface area (Å²) in [7, 11) is 0. The minimum atomic E-state index is -1.61. The predicted molar refractivity (Wildman–Crippen MR) is 123 cm³/mol. The summed E-state index contributed by atoms with van der Waals surface area (Å²) in [5, 5.41) is 14.0. The highest BCUT2D eigenvalue weighted by molar-refractivity contribution is 6.24. The van der Waals surface area contributed by atoms with Gasteiger partial charge in [-0.15, -0.1) is 0 Å². The molecule has 170 valence electrons. The largest absolute Gasteiger partial charge is 0.480 e. The van der Waals surface area contributed by atoms with Crippen molar-refractivity contribution in [1.82, 2.24) is 5.32 Å². The fourth-order valence-corrected chi connectivity index (χ4v) is 5.46. The number of carboxylic acids is 1. The fourth-order valence-electron chi connectivity index (χ4n) is 5.46. The number of hydrogen-bond acceptors (Lipinski definition) is 5. The number of benzene rings is 2. The van der Waals surface area contributed by atoms with Gasteiger partial charge < -0.3 is 9.52 Å². The summed E-state index contributed by atoms with van der Waals surface area (Å²) in [5.74, 6) is -3.50. The van der Waals surface area contributed by atoms with E-state index in [1.807, 2.05) is 62.4 Å². The van der Waals surface area contributed by atoms with Gasteiger partial charge in [0.1, 0.15) is 16.9 Å². The van der Waals surface area contributed by atoms with Crippen LogP contribution in [0.4, 0.5) is 5.69 Å². The minimum absolute atomic E-state index is 0.386. The zero-order valence-electron chi connectivity index (χ0n) is 18.8. The number of carbonyl (C=O) groups excluding carboxylic acids is 2. The highest BCUT2D eigenvalue weighted by Gasteiger charge is 2.67. The highest BCUT2D eigenvalue weighted by atomic mass is 16.4. The van der Waals surface area contributed by atoms with Crippen LogP contribution in [-0.2, 0) is 27.2 Å². The summed E-state index contributed by atoms with van der Waals surface area (Å²) in [6.45, 7) is 5.44. The van der Waals surface area contributed by atoms with Crippen LogP contribution in [0.3, 0.4) is 0 Å². The summed E-state index contributed by atoms with van der Waals surface area (Å²) < 4.78 is 6.01. The van der Waals surface area contributed by atoms with E-state index in [2.05, 4.69) is 5.32 Å². The molecular formula is C26H26N2O5. The van der Waals surface area contributed by atoms with Gasteiger partial charge in [0.05, 0.1) is 23.6 Å². The van der Waals surface area contributed by atoms with Crippen molar-refractivity contribution in [3.8, 4) is 0 Å². The number of para-hydroxylation sites is 2. The van der Waals surface area contributed by atoms with Gasteiger partial charge in [-0.1, -0.05) is 50.2 Å². The summed E-state index contributed by atoms with van der Waals surface area (Å²) in [4.78, 5) is 41.3. The maximum atomic E-state index is 13.9. The number of aliphatic carboxylic acids is 1. The van der Waals surface area contributed by atoms with Crippen LogP contribution in [0.2, 0.25) is 0 Å². The average Bonchev–Trinajstić information content (AvgIpc) is 3.45. The van der Waals surface area contributed by atoms with Crippen LogP contribution in [0.15, 0.2) is 52.9 Å². The molecule has 5 rings (SSSR count). The molecule has 0 radical (unpaired) electrons. The number of furan rings is 1. The molecule has 0 spiro atoms. The molecule has 1 aromatic heterocycles. The van der Waals surface area contributed by atoms with E-state index in [1.165, 1.54) is 11.8 Å². The minimum Gasteiger partial charge on any atom is -0.480 e. The number of carbonyl (C=O) groups is 3. The Morgan fingerprint density at radius 2 is 1.73 bits per heavy atom. The third kappa shape index (κ3) is 2.95. The van der Waals surface area contributed by atoms with E-state index < -0.39 is 35.3 Å². The number of amides is 2. The van der Waals surface area contributed by atoms with E-state index >= 15 is 0 Å². The molecule has 2 N–H and O–H groups in total. The van der Waals surface area contributed by atoms with Crippen LogP contribution < -0.4 is 10.2 Å². The van der Waals surface area contributed by atoms with Crippen molar-refractivity contribution in [1.29, 1.82) is 0 Å². The number of imide groups is 1. The standard InChI is InChI=1S/C26H26N2O5/c1-4-14-10-8-11-15(5-2)22(14)28-23(29)19-20(24(28)30)26(3,25(31)32)27-21(19)18-13-16-9-6-7-12-17(16)33-18/h6-13,19-21,27H,4-5H2,1-3H3,(H,31,32). The Labute approximate surface area is 191 Å². The van der Waals surface area contributed by atoms with Crippen molar-refractivity contribution >= 4 is 34.4 Å². The van der Waals surface area contributed by atoms with Gasteiger partial charge in [-0.3, -0.25) is 19.7 Å². The Balaban J connectivity index is 1.67. The molecule has 7 nitrogen and oxygen atoms in total. The van der Waals surface area contributed by atoms with Crippen LogP contribution in [0.25, 0.3) is 11.0 Å². The number of nitrogens with one attached hydrogen (secondary N) is 1.